The second kappa shape index (κ2) is 10.6. The quantitative estimate of drug-likeness (QED) is 0.183. The smallest absolute Gasteiger partial charge is 0.746 e. The largest absolute Gasteiger partial charge is 1.00 e. The monoisotopic (exact) mass is 668 g/mol. The molecule has 0 saturated carbocycles. The van der Waals surface area contributed by atoms with Crippen molar-refractivity contribution in [1.29, 1.82) is 0 Å². The average molecular weight is 668 g/mol. The molecule has 0 aromatic rings. The zero-order chi connectivity index (χ0) is 31.7. The zero-order valence-electron chi connectivity index (χ0n) is 17.2. The van der Waals surface area contributed by atoms with Crippen molar-refractivity contribution in [2.75, 3.05) is 0 Å². The van der Waals surface area contributed by atoms with Gasteiger partial charge in [0.05, 0.1) is 0 Å². The maximum Gasteiger partial charge on any atom is 1.00 e. The van der Waals surface area contributed by atoms with E-state index >= 15 is 0 Å². The minimum Gasteiger partial charge on any atom is -0.746 e. The first kappa shape index (κ1) is 40.5. The molecule has 0 spiro atoms. The third-order valence-electron chi connectivity index (χ3n) is 4.31. The number of rotatable bonds is 12. The molecule has 0 aromatic heterocycles. The van der Waals surface area contributed by atoms with Crippen molar-refractivity contribution in [3.63, 3.8) is 0 Å². The summed E-state index contributed by atoms with van der Waals surface area (Å²) < 4.78 is 319. The molecule has 0 saturated heterocycles. The summed E-state index contributed by atoms with van der Waals surface area (Å²) in [4.78, 5) is 0. The second-order valence-corrected chi connectivity index (χ2v) is 8.21. The van der Waals surface area contributed by atoms with Crippen LogP contribution < -0.4 is 29.6 Å². The van der Waals surface area contributed by atoms with Crippen molar-refractivity contribution in [3.05, 3.63) is 0 Å². The van der Waals surface area contributed by atoms with Gasteiger partial charge in [-0.15, -0.1) is 0 Å². The first-order chi connectivity index (χ1) is 16.0. The normalized spacial score (nSPS) is 17.6. The molecule has 0 aliphatic heterocycles. The molecule has 2 atom stereocenters. The fourth-order valence-electron chi connectivity index (χ4n) is 2.06. The Morgan fingerprint density at radius 3 is 0.846 bits per heavy atom. The minimum atomic E-state index is -9.40. The van der Waals surface area contributed by atoms with Gasteiger partial charge in [-0.1, -0.05) is 0 Å². The molecule has 0 radical (unpaired) electrons. The van der Waals surface area contributed by atoms with Crippen molar-refractivity contribution >= 4 is 10.1 Å². The first-order valence-electron chi connectivity index (χ1n) is 7.92. The Labute approximate surface area is 220 Å². The molecule has 0 aliphatic rings. The molecule has 0 amide bonds. The van der Waals surface area contributed by atoms with Gasteiger partial charge in [0.25, 0.3) is 11.9 Å². The van der Waals surface area contributed by atoms with Gasteiger partial charge in [0.2, 0.25) is 6.17 Å². The van der Waals surface area contributed by atoms with E-state index in [1.807, 2.05) is 0 Å². The Morgan fingerprint density at radius 2 is 0.641 bits per heavy atom. The predicted molar refractivity (Wildman–Crippen MR) is 70.0 cm³/mol. The Bertz CT molecular complexity index is 977. The van der Waals surface area contributed by atoms with E-state index in [1.54, 1.807) is 0 Å². The van der Waals surface area contributed by atoms with Crippen LogP contribution in [0.15, 0.2) is 0 Å². The van der Waals surface area contributed by atoms with Crippen LogP contribution in [0.2, 0.25) is 0 Å². The van der Waals surface area contributed by atoms with Gasteiger partial charge in [-0.25, -0.2) is 26.0 Å². The predicted octanol–water partition coefficient (Wildman–Crippen LogP) is 3.15. The maximum absolute atomic E-state index is 13.5. The van der Waals surface area contributed by atoms with Crippen molar-refractivity contribution < 1.29 is 139 Å². The van der Waals surface area contributed by atoms with Crippen LogP contribution >= 0.6 is 0 Å². The van der Waals surface area contributed by atoms with E-state index in [4.69, 9.17) is 0 Å². The fourth-order valence-corrected chi connectivity index (χ4v) is 2.57. The number of halogens is 22. The van der Waals surface area contributed by atoms with Crippen LogP contribution in [0.4, 0.5) is 96.6 Å². The Balaban J connectivity index is 0. The molecule has 0 aliphatic carbocycles. The van der Waals surface area contributed by atoms with Gasteiger partial charge in [-0.05, 0) is 0 Å². The SMILES string of the molecule is O=S(=O)([O-])C(F)C(F)(F)C(F)(F)C(F)(F)C(F)(F)C(F)(F)C(F)(F)C(F)(F)C(F)(F)C(F)(F)C(F)C(F)F.[Na+]. The van der Waals surface area contributed by atoms with Crippen LogP contribution in [0.25, 0.3) is 0 Å². The number of hydrogen-bond acceptors (Lipinski definition) is 3. The van der Waals surface area contributed by atoms with Crippen LogP contribution in [0, 0.1) is 0 Å². The molecule has 3 nitrogen and oxygen atoms in total. The fraction of sp³-hybridized carbons (Fsp3) is 1.00. The van der Waals surface area contributed by atoms with E-state index < -0.39 is 81.5 Å². The molecule has 0 N–H and O–H groups in total. The Hall–Kier alpha value is -0.630. The maximum atomic E-state index is 13.5. The van der Waals surface area contributed by atoms with Gasteiger partial charge in [-0.3, -0.25) is 0 Å². The Kier molecular flexibility index (Phi) is 11.0. The van der Waals surface area contributed by atoms with E-state index in [0.717, 1.165) is 0 Å². The van der Waals surface area contributed by atoms with E-state index in [2.05, 4.69) is 0 Å². The Morgan fingerprint density at radius 1 is 0.436 bits per heavy atom. The summed E-state index contributed by atoms with van der Waals surface area (Å²) in [5, 5.41) is 0. The number of hydrogen-bond donors (Lipinski definition) is 0. The van der Waals surface area contributed by atoms with Crippen LogP contribution in [-0.4, -0.2) is 84.4 Å². The van der Waals surface area contributed by atoms with Gasteiger partial charge in [0, 0.05) is 0 Å². The summed E-state index contributed by atoms with van der Waals surface area (Å²) in [6.45, 7) is 0. The van der Waals surface area contributed by atoms with Crippen LogP contribution in [0.1, 0.15) is 0 Å². The van der Waals surface area contributed by atoms with Gasteiger partial charge in [0.15, 0.2) is 0 Å². The molecule has 39 heavy (non-hydrogen) atoms. The zero-order valence-corrected chi connectivity index (χ0v) is 20.0. The van der Waals surface area contributed by atoms with Crippen molar-refractivity contribution in [1.82, 2.24) is 0 Å². The van der Waals surface area contributed by atoms with Crippen molar-refractivity contribution in [2.45, 2.75) is 71.4 Å². The summed E-state index contributed by atoms with van der Waals surface area (Å²) in [5.74, 6) is -80.0. The average Bonchev–Trinajstić information content (AvgIpc) is 2.70. The summed E-state index contributed by atoms with van der Waals surface area (Å²) in [7, 11) is -7.65. The summed E-state index contributed by atoms with van der Waals surface area (Å²) >= 11 is 0. The van der Waals surface area contributed by atoms with Gasteiger partial charge in [-0.2, -0.15) is 79.0 Å². The summed E-state index contributed by atoms with van der Waals surface area (Å²) in [6, 6.07) is 0. The summed E-state index contributed by atoms with van der Waals surface area (Å²) in [6.07, 6.45) is -11.6. The molecule has 27 heteroatoms. The van der Waals surface area contributed by atoms with Gasteiger partial charge >= 0.3 is 82.9 Å². The molecular weight excluding hydrogens is 665 g/mol. The van der Waals surface area contributed by atoms with Crippen LogP contribution in [0.5, 0.6) is 0 Å². The van der Waals surface area contributed by atoms with E-state index in [9.17, 15) is 110 Å². The molecule has 0 heterocycles. The van der Waals surface area contributed by atoms with E-state index in [1.165, 1.54) is 0 Å². The molecule has 2 unspecified atom stereocenters. The van der Waals surface area contributed by atoms with E-state index in [0.29, 0.717) is 0 Å². The standard InChI is InChI=1S/C12H4F22O3S.Na/c13-1(2(14)15)4(17,18)6(21,22)8(25,26)10(29,30)12(33,34)11(31,32)9(27,28)7(23,24)5(19,20)3(16)38(35,36)37;/h1-3H,(H,35,36,37);/q;+1/p-1. The number of alkyl halides is 22. The minimum absolute atomic E-state index is 0. The first-order valence-corrected chi connectivity index (χ1v) is 9.39. The van der Waals surface area contributed by atoms with Crippen molar-refractivity contribution in [3.8, 4) is 0 Å². The third kappa shape index (κ3) is 5.36. The molecule has 0 rings (SSSR count). The van der Waals surface area contributed by atoms with Crippen molar-refractivity contribution in [2.24, 2.45) is 0 Å². The molecular formula is C12H3F22NaO3S. The third-order valence-corrected chi connectivity index (χ3v) is 5.11. The molecule has 0 fully saturated rings. The molecule has 0 bridgehead atoms. The van der Waals surface area contributed by atoms with Crippen LogP contribution in [-0.2, 0) is 10.1 Å². The second-order valence-electron chi connectivity index (χ2n) is 6.81. The van der Waals surface area contributed by atoms with Crippen LogP contribution in [0.3, 0.4) is 0 Å². The molecule has 230 valence electrons. The summed E-state index contributed by atoms with van der Waals surface area (Å²) in [5.41, 5.74) is -6.30. The topological polar surface area (TPSA) is 57.2 Å². The van der Waals surface area contributed by atoms with Gasteiger partial charge in [0.1, 0.15) is 10.1 Å². The molecule has 0 aromatic carbocycles. The van der Waals surface area contributed by atoms with E-state index in [-0.39, 0.29) is 29.6 Å². The van der Waals surface area contributed by atoms with Gasteiger partial charge < -0.3 is 4.55 Å².